The van der Waals surface area contributed by atoms with E-state index in [0.29, 0.717) is 19.6 Å². The molecule has 0 aromatic heterocycles. The van der Waals surface area contributed by atoms with Gasteiger partial charge in [-0.3, -0.25) is 9.59 Å². The lowest BCUT2D eigenvalue weighted by Crippen LogP contribution is -2.33. The monoisotopic (exact) mass is 539 g/mol. The summed E-state index contributed by atoms with van der Waals surface area (Å²) in [6, 6.07) is 0. The molecule has 5 heteroatoms. The van der Waals surface area contributed by atoms with Gasteiger partial charge in [0, 0.05) is 13.0 Å². The van der Waals surface area contributed by atoms with Crippen molar-refractivity contribution >= 4 is 11.9 Å². The quantitative estimate of drug-likeness (QED) is 0.0700. The van der Waals surface area contributed by atoms with E-state index in [2.05, 4.69) is 13.8 Å². The highest BCUT2D eigenvalue weighted by molar-refractivity contribution is 5.74. The van der Waals surface area contributed by atoms with Crippen molar-refractivity contribution in [3.63, 3.8) is 0 Å². The van der Waals surface area contributed by atoms with Crippen LogP contribution < -0.4 is 0 Å². The molecule has 0 aliphatic carbocycles. The summed E-state index contributed by atoms with van der Waals surface area (Å²) in [6.45, 7) is 5.63. The van der Waals surface area contributed by atoms with Crippen molar-refractivity contribution in [1.82, 2.24) is 4.90 Å². The number of ether oxygens (including phenoxy) is 2. The van der Waals surface area contributed by atoms with E-state index in [-0.39, 0.29) is 18.5 Å². The maximum Gasteiger partial charge on any atom is 0.313 e. The van der Waals surface area contributed by atoms with Crippen LogP contribution in [0.5, 0.6) is 0 Å². The first-order valence-corrected chi connectivity index (χ1v) is 16.5. The third-order valence-electron chi connectivity index (χ3n) is 7.34. The lowest BCUT2D eigenvalue weighted by Gasteiger charge is -2.20. The molecule has 0 aliphatic rings. The molecule has 0 spiro atoms. The number of carbonyl (C=O) groups is 2. The van der Waals surface area contributed by atoms with Crippen molar-refractivity contribution in [3.8, 4) is 0 Å². The van der Waals surface area contributed by atoms with Gasteiger partial charge in [0.25, 0.3) is 0 Å². The van der Waals surface area contributed by atoms with Crippen LogP contribution in [0.1, 0.15) is 162 Å². The minimum Gasteiger partial charge on any atom is -0.465 e. The third-order valence-corrected chi connectivity index (χ3v) is 7.34. The number of hydrogen-bond donors (Lipinski definition) is 0. The Morgan fingerprint density at radius 2 is 0.947 bits per heavy atom. The molecular weight excluding hydrogens is 474 g/mol. The highest BCUT2D eigenvalue weighted by Crippen LogP contribution is 2.14. The maximum absolute atomic E-state index is 12.6. The lowest BCUT2D eigenvalue weighted by molar-refractivity contribution is -0.155. The van der Waals surface area contributed by atoms with E-state index in [9.17, 15) is 9.59 Å². The van der Waals surface area contributed by atoms with Crippen molar-refractivity contribution < 1.29 is 19.1 Å². The Morgan fingerprint density at radius 3 is 1.37 bits per heavy atom. The number of unbranched alkanes of at least 4 members (excludes halogenated alkanes) is 20. The second-order valence-electron chi connectivity index (χ2n) is 11.6. The molecule has 0 bridgehead atoms. The summed E-state index contributed by atoms with van der Waals surface area (Å²) in [7, 11) is 3.86. The highest BCUT2D eigenvalue weighted by atomic mass is 16.5. The molecule has 0 saturated heterocycles. The molecule has 0 aliphatic heterocycles. The molecule has 0 heterocycles. The zero-order valence-electron chi connectivity index (χ0n) is 26.0. The van der Waals surface area contributed by atoms with Crippen LogP contribution in [0.25, 0.3) is 0 Å². The van der Waals surface area contributed by atoms with Crippen LogP contribution in [-0.4, -0.2) is 50.7 Å². The lowest BCUT2D eigenvalue weighted by atomic mass is 10.1. The Balaban J connectivity index is 3.81. The molecule has 0 saturated carbocycles. The first-order valence-electron chi connectivity index (χ1n) is 16.5. The summed E-state index contributed by atoms with van der Waals surface area (Å²) in [5.74, 6) is -0.852. The van der Waals surface area contributed by atoms with Gasteiger partial charge in [0.1, 0.15) is 12.5 Å². The summed E-state index contributed by atoms with van der Waals surface area (Å²) in [5, 5.41) is 0. The molecule has 0 unspecified atom stereocenters. The smallest absolute Gasteiger partial charge is 0.313 e. The van der Waals surface area contributed by atoms with Crippen LogP contribution >= 0.6 is 0 Å². The average Bonchev–Trinajstić information content (AvgIpc) is 2.90. The van der Waals surface area contributed by atoms with Crippen molar-refractivity contribution in [2.45, 2.75) is 162 Å². The zero-order chi connectivity index (χ0) is 28.1. The Morgan fingerprint density at radius 1 is 0.553 bits per heavy atom. The number of esters is 2. The second kappa shape index (κ2) is 28.9. The van der Waals surface area contributed by atoms with E-state index < -0.39 is 5.92 Å². The van der Waals surface area contributed by atoms with E-state index in [1.807, 2.05) is 19.0 Å². The highest BCUT2D eigenvalue weighted by Gasteiger charge is 2.23. The van der Waals surface area contributed by atoms with Crippen LogP contribution in [0.2, 0.25) is 0 Å². The molecular formula is C33H65NO4. The minimum atomic E-state index is -0.418. The molecule has 0 amide bonds. The van der Waals surface area contributed by atoms with E-state index in [1.54, 1.807) is 0 Å². The number of carbonyl (C=O) groups excluding carboxylic acids is 2. The Bertz CT molecular complexity index is 523. The SMILES string of the molecule is CCCCCCCCCCCCCOC(=O)[C@H](COC(=O)CCCCCCCCCCCCC)CN(C)C. The first-order chi connectivity index (χ1) is 18.5. The number of rotatable bonds is 29. The van der Waals surface area contributed by atoms with Gasteiger partial charge in [-0.05, 0) is 26.9 Å². The topological polar surface area (TPSA) is 55.8 Å². The molecule has 0 N–H and O–H groups in total. The molecule has 38 heavy (non-hydrogen) atoms. The summed E-state index contributed by atoms with van der Waals surface area (Å²) in [4.78, 5) is 26.7. The maximum atomic E-state index is 12.6. The molecule has 0 fully saturated rings. The van der Waals surface area contributed by atoms with Gasteiger partial charge in [0.15, 0.2) is 0 Å². The van der Waals surface area contributed by atoms with Crippen molar-refractivity contribution in [2.24, 2.45) is 5.92 Å². The van der Waals surface area contributed by atoms with Gasteiger partial charge in [-0.25, -0.2) is 0 Å². The average molecular weight is 540 g/mol. The number of hydrogen-bond acceptors (Lipinski definition) is 5. The Hall–Kier alpha value is -1.10. The standard InChI is InChI=1S/C33H65NO4/c1-5-7-9-11-13-15-17-19-21-23-25-27-32(35)38-30-31(29-34(3)4)33(36)37-28-26-24-22-20-18-16-14-12-10-8-6-2/h31H,5-30H2,1-4H3/t31-/m0/s1. The molecule has 0 rings (SSSR count). The van der Waals surface area contributed by atoms with E-state index >= 15 is 0 Å². The van der Waals surface area contributed by atoms with Gasteiger partial charge >= 0.3 is 11.9 Å². The van der Waals surface area contributed by atoms with E-state index in [1.165, 1.54) is 116 Å². The molecule has 226 valence electrons. The molecule has 0 aromatic carbocycles. The van der Waals surface area contributed by atoms with Crippen molar-refractivity contribution in [2.75, 3.05) is 33.9 Å². The fourth-order valence-corrected chi connectivity index (χ4v) is 4.89. The number of nitrogens with zero attached hydrogens (tertiary/aromatic N) is 1. The van der Waals surface area contributed by atoms with Crippen LogP contribution in [0.15, 0.2) is 0 Å². The first kappa shape index (κ1) is 36.9. The molecule has 5 nitrogen and oxygen atoms in total. The summed E-state index contributed by atoms with van der Waals surface area (Å²) in [6.07, 6.45) is 28.3. The predicted molar refractivity (Wildman–Crippen MR) is 162 cm³/mol. The molecule has 0 aromatic rings. The van der Waals surface area contributed by atoms with Crippen molar-refractivity contribution in [3.05, 3.63) is 0 Å². The fourth-order valence-electron chi connectivity index (χ4n) is 4.89. The predicted octanol–water partition coefficient (Wildman–Crippen LogP) is 9.26. The largest absolute Gasteiger partial charge is 0.465 e. The van der Waals surface area contributed by atoms with Gasteiger partial charge in [0.2, 0.25) is 0 Å². The van der Waals surface area contributed by atoms with Gasteiger partial charge < -0.3 is 14.4 Å². The Labute approximate surface area is 237 Å². The Kier molecular flexibility index (Phi) is 28.1. The summed E-state index contributed by atoms with van der Waals surface area (Å²) < 4.78 is 11.0. The van der Waals surface area contributed by atoms with E-state index in [0.717, 1.165) is 25.7 Å². The van der Waals surface area contributed by atoms with E-state index in [4.69, 9.17) is 9.47 Å². The van der Waals surface area contributed by atoms with Crippen LogP contribution in [0, 0.1) is 5.92 Å². The summed E-state index contributed by atoms with van der Waals surface area (Å²) >= 11 is 0. The van der Waals surface area contributed by atoms with Crippen molar-refractivity contribution in [1.29, 1.82) is 0 Å². The molecule has 1 atom stereocenters. The van der Waals surface area contributed by atoms with Crippen LogP contribution in [0.4, 0.5) is 0 Å². The van der Waals surface area contributed by atoms with Crippen LogP contribution in [0.3, 0.4) is 0 Å². The minimum absolute atomic E-state index is 0.117. The second-order valence-corrected chi connectivity index (χ2v) is 11.6. The zero-order valence-corrected chi connectivity index (χ0v) is 26.0. The van der Waals surface area contributed by atoms with Gasteiger partial charge in [-0.1, -0.05) is 142 Å². The van der Waals surface area contributed by atoms with Gasteiger partial charge in [-0.2, -0.15) is 0 Å². The van der Waals surface area contributed by atoms with Gasteiger partial charge in [0.05, 0.1) is 6.61 Å². The van der Waals surface area contributed by atoms with Gasteiger partial charge in [-0.15, -0.1) is 0 Å². The fraction of sp³-hybridized carbons (Fsp3) is 0.939. The normalized spacial score (nSPS) is 12.1. The molecule has 0 radical (unpaired) electrons. The van der Waals surface area contributed by atoms with Crippen LogP contribution in [-0.2, 0) is 19.1 Å². The summed E-state index contributed by atoms with van der Waals surface area (Å²) in [5.41, 5.74) is 0. The third kappa shape index (κ3) is 26.5.